The van der Waals surface area contributed by atoms with E-state index in [0.717, 1.165) is 5.56 Å². The summed E-state index contributed by atoms with van der Waals surface area (Å²) in [5, 5.41) is 8.72. The molecule has 0 aliphatic heterocycles. The lowest BCUT2D eigenvalue weighted by molar-refractivity contribution is -0.138. The molecular weight excluding hydrogens is 268 g/mol. The molecule has 0 saturated heterocycles. The highest BCUT2D eigenvalue weighted by molar-refractivity contribution is 5.78. The topological polar surface area (TPSA) is 60.9 Å². The molecule has 1 aromatic carbocycles. The maximum absolute atomic E-state index is 12.3. The van der Waals surface area contributed by atoms with Gasteiger partial charge in [0.15, 0.2) is 0 Å². The van der Waals surface area contributed by atoms with Crippen LogP contribution in [-0.2, 0) is 9.59 Å². The predicted octanol–water partition coefficient (Wildman–Crippen LogP) is 2.00. The largest absolute Gasteiger partial charge is 0.481 e. The second kappa shape index (κ2) is 8.42. The lowest BCUT2D eigenvalue weighted by Crippen LogP contribution is -2.40. The Morgan fingerprint density at radius 1 is 1.24 bits per heavy atom. The van der Waals surface area contributed by atoms with Crippen LogP contribution in [0.25, 0.3) is 0 Å². The summed E-state index contributed by atoms with van der Waals surface area (Å²) < 4.78 is 0. The van der Waals surface area contributed by atoms with E-state index < -0.39 is 5.97 Å². The first kappa shape index (κ1) is 17.2. The Morgan fingerprint density at radius 2 is 1.86 bits per heavy atom. The number of benzene rings is 1. The number of carbonyl (C=O) groups is 2. The van der Waals surface area contributed by atoms with Crippen molar-refractivity contribution < 1.29 is 14.7 Å². The van der Waals surface area contributed by atoms with Gasteiger partial charge in [-0.2, -0.15) is 0 Å². The fraction of sp³-hybridized carbons (Fsp3) is 0.500. The number of nitrogens with zero attached hydrogens (tertiary/aromatic N) is 2. The van der Waals surface area contributed by atoms with Crippen LogP contribution in [-0.4, -0.2) is 53.5 Å². The summed E-state index contributed by atoms with van der Waals surface area (Å²) in [5.41, 5.74) is 1.09. The second-order valence-electron chi connectivity index (χ2n) is 5.10. The highest BCUT2D eigenvalue weighted by Gasteiger charge is 2.19. The van der Waals surface area contributed by atoms with E-state index in [1.165, 1.54) is 0 Å². The Hall–Kier alpha value is -1.88. The summed E-state index contributed by atoms with van der Waals surface area (Å²) in [5.74, 6) is -0.842. The van der Waals surface area contributed by atoms with Crippen LogP contribution in [0.4, 0.5) is 0 Å². The van der Waals surface area contributed by atoms with Crippen LogP contribution in [0.15, 0.2) is 30.3 Å². The summed E-state index contributed by atoms with van der Waals surface area (Å²) in [6.07, 6.45) is 0.0546. The van der Waals surface area contributed by atoms with Crippen molar-refractivity contribution in [1.82, 2.24) is 9.80 Å². The number of rotatable bonds is 8. The summed E-state index contributed by atoms with van der Waals surface area (Å²) in [6.45, 7) is 5.21. The van der Waals surface area contributed by atoms with Crippen molar-refractivity contribution in [2.24, 2.45) is 0 Å². The van der Waals surface area contributed by atoms with Crippen molar-refractivity contribution in [2.45, 2.75) is 26.3 Å². The van der Waals surface area contributed by atoms with Crippen molar-refractivity contribution >= 4 is 11.9 Å². The maximum Gasteiger partial charge on any atom is 0.304 e. The normalized spacial score (nSPS) is 12.2. The number of aliphatic carboxylic acids is 1. The first-order valence-electron chi connectivity index (χ1n) is 7.20. The Bertz CT molecular complexity index is 462. The van der Waals surface area contributed by atoms with Gasteiger partial charge in [-0.25, -0.2) is 0 Å². The third-order valence-electron chi connectivity index (χ3n) is 3.70. The van der Waals surface area contributed by atoms with Crippen molar-refractivity contribution in [3.63, 3.8) is 0 Å². The van der Waals surface area contributed by atoms with Crippen molar-refractivity contribution in [3.05, 3.63) is 35.9 Å². The fourth-order valence-corrected chi connectivity index (χ4v) is 2.08. The van der Waals surface area contributed by atoms with Crippen molar-refractivity contribution in [2.75, 3.05) is 26.7 Å². The number of hydrogen-bond acceptors (Lipinski definition) is 3. The number of carbonyl (C=O) groups excluding carboxylic acids is 1. The number of amides is 1. The Labute approximate surface area is 126 Å². The lowest BCUT2D eigenvalue weighted by atomic mass is 10.1. The van der Waals surface area contributed by atoms with Crippen molar-refractivity contribution in [1.29, 1.82) is 0 Å². The van der Waals surface area contributed by atoms with Gasteiger partial charge in [0, 0.05) is 13.6 Å². The SMILES string of the molecule is CCN(CCC(=O)O)CC(=O)N(C)C(C)c1ccccc1. The molecule has 21 heavy (non-hydrogen) atoms. The molecule has 0 fully saturated rings. The first-order chi connectivity index (χ1) is 9.95. The molecule has 116 valence electrons. The Balaban J connectivity index is 2.58. The number of carboxylic acid groups (broad SMARTS) is 1. The van der Waals surface area contributed by atoms with Gasteiger partial charge in [0.2, 0.25) is 5.91 Å². The average Bonchev–Trinajstić information content (AvgIpc) is 2.50. The summed E-state index contributed by atoms with van der Waals surface area (Å²) in [6, 6.07) is 9.84. The van der Waals surface area contributed by atoms with Crippen LogP contribution in [0.2, 0.25) is 0 Å². The van der Waals surface area contributed by atoms with E-state index in [1.807, 2.05) is 49.1 Å². The van der Waals surface area contributed by atoms with Crippen LogP contribution in [0.5, 0.6) is 0 Å². The van der Waals surface area contributed by atoms with Crippen LogP contribution in [0, 0.1) is 0 Å². The summed E-state index contributed by atoms with van der Waals surface area (Å²) >= 11 is 0. The highest BCUT2D eigenvalue weighted by atomic mass is 16.4. The lowest BCUT2D eigenvalue weighted by Gasteiger charge is -2.28. The smallest absolute Gasteiger partial charge is 0.304 e. The molecule has 0 aromatic heterocycles. The fourth-order valence-electron chi connectivity index (χ4n) is 2.08. The van der Waals surface area contributed by atoms with Gasteiger partial charge in [-0.3, -0.25) is 14.5 Å². The van der Waals surface area contributed by atoms with Crippen LogP contribution in [0.3, 0.4) is 0 Å². The molecule has 1 rings (SSSR count). The van der Waals surface area contributed by atoms with E-state index in [9.17, 15) is 9.59 Å². The molecule has 1 amide bonds. The Morgan fingerprint density at radius 3 is 2.38 bits per heavy atom. The molecular formula is C16H24N2O3. The zero-order valence-electron chi connectivity index (χ0n) is 13.0. The van der Waals surface area contributed by atoms with Gasteiger partial charge in [-0.15, -0.1) is 0 Å². The van der Waals surface area contributed by atoms with Gasteiger partial charge in [0.05, 0.1) is 19.0 Å². The minimum atomic E-state index is -0.841. The maximum atomic E-state index is 12.3. The van der Waals surface area contributed by atoms with Crippen LogP contribution < -0.4 is 0 Å². The summed E-state index contributed by atoms with van der Waals surface area (Å²) in [7, 11) is 1.78. The van der Waals surface area contributed by atoms with Crippen molar-refractivity contribution in [3.8, 4) is 0 Å². The van der Waals surface area contributed by atoms with Gasteiger partial charge in [-0.05, 0) is 19.0 Å². The minimum absolute atomic E-state index is 0.00130. The zero-order chi connectivity index (χ0) is 15.8. The van der Waals surface area contributed by atoms with Gasteiger partial charge in [0.1, 0.15) is 0 Å². The van der Waals surface area contributed by atoms with E-state index in [4.69, 9.17) is 5.11 Å². The number of carboxylic acids is 1. The molecule has 5 heteroatoms. The minimum Gasteiger partial charge on any atom is -0.481 e. The molecule has 1 N–H and O–H groups in total. The third-order valence-corrected chi connectivity index (χ3v) is 3.70. The number of hydrogen-bond donors (Lipinski definition) is 1. The molecule has 0 spiro atoms. The molecule has 0 radical (unpaired) electrons. The predicted molar refractivity (Wildman–Crippen MR) is 82.0 cm³/mol. The first-order valence-corrected chi connectivity index (χ1v) is 7.20. The quantitative estimate of drug-likeness (QED) is 0.796. The zero-order valence-corrected chi connectivity index (χ0v) is 13.0. The van der Waals surface area contributed by atoms with E-state index >= 15 is 0 Å². The van der Waals surface area contributed by atoms with Gasteiger partial charge in [0.25, 0.3) is 0 Å². The molecule has 1 unspecified atom stereocenters. The number of likely N-dealkylation sites (N-methyl/N-ethyl adjacent to an activating group) is 2. The molecule has 5 nitrogen and oxygen atoms in total. The highest BCUT2D eigenvalue weighted by Crippen LogP contribution is 2.18. The van der Waals surface area contributed by atoms with Gasteiger partial charge < -0.3 is 10.0 Å². The monoisotopic (exact) mass is 292 g/mol. The van der Waals surface area contributed by atoms with E-state index in [0.29, 0.717) is 13.1 Å². The van der Waals surface area contributed by atoms with E-state index in [1.54, 1.807) is 11.9 Å². The third kappa shape index (κ3) is 5.55. The van der Waals surface area contributed by atoms with Gasteiger partial charge >= 0.3 is 5.97 Å². The average molecular weight is 292 g/mol. The molecule has 0 bridgehead atoms. The van der Waals surface area contributed by atoms with Gasteiger partial charge in [-0.1, -0.05) is 37.3 Å². The second-order valence-corrected chi connectivity index (χ2v) is 5.10. The van der Waals surface area contributed by atoms with E-state index in [-0.39, 0.29) is 24.9 Å². The molecule has 1 atom stereocenters. The standard InChI is InChI=1S/C16H24N2O3/c1-4-18(11-10-16(20)21)12-15(19)17(3)13(2)14-8-6-5-7-9-14/h5-9,13H,4,10-12H2,1-3H3,(H,20,21). The molecule has 0 aliphatic rings. The molecule has 0 heterocycles. The molecule has 0 saturated carbocycles. The van der Waals surface area contributed by atoms with E-state index in [2.05, 4.69) is 0 Å². The Kier molecular flexibility index (Phi) is 6.88. The molecule has 1 aromatic rings. The molecule has 0 aliphatic carbocycles. The summed E-state index contributed by atoms with van der Waals surface area (Å²) in [4.78, 5) is 26.5. The van der Waals surface area contributed by atoms with Crippen LogP contribution >= 0.6 is 0 Å². The van der Waals surface area contributed by atoms with Crippen LogP contribution in [0.1, 0.15) is 31.9 Å².